The standard InChI is InChI=1S/C16H24N2/c1-16(2)7-3-9-18(16)12-13-4-5-14-6-8-17-11-15(14)10-13/h4-5,10,17H,3,6-9,11-12H2,1-2H3. The van der Waals surface area contributed by atoms with Gasteiger partial charge in [-0.1, -0.05) is 18.2 Å². The summed E-state index contributed by atoms with van der Waals surface area (Å²) in [5, 5.41) is 3.46. The van der Waals surface area contributed by atoms with Crippen LogP contribution in [0.15, 0.2) is 18.2 Å². The fraction of sp³-hybridized carbons (Fsp3) is 0.625. The molecule has 0 saturated carbocycles. The topological polar surface area (TPSA) is 15.3 Å². The molecule has 1 aromatic rings. The van der Waals surface area contributed by atoms with Gasteiger partial charge in [-0.2, -0.15) is 0 Å². The van der Waals surface area contributed by atoms with Gasteiger partial charge in [0.15, 0.2) is 0 Å². The lowest BCUT2D eigenvalue weighted by Gasteiger charge is -2.32. The zero-order valence-electron chi connectivity index (χ0n) is 11.6. The van der Waals surface area contributed by atoms with Crippen molar-refractivity contribution < 1.29 is 0 Å². The normalized spacial score (nSPS) is 23.0. The first-order valence-electron chi connectivity index (χ1n) is 7.22. The van der Waals surface area contributed by atoms with Crippen LogP contribution in [0.2, 0.25) is 0 Å². The van der Waals surface area contributed by atoms with Crippen molar-refractivity contribution >= 4 is 0 Å². The summed E-state index contributed by atoms with van der Waals surface area (Å²) in [6.45, 7) is 9.29. The molecule has 0 spiro atoms. The van der Waals surface area contributed by atoms with E-state index in [1.54, 1.807) is 0 Å². The molecule has 1 saturated heterocycles. The summed E-state index contributed by atoms with van der Waals surface area (Å²) in [5.74, 6) is 0. The van der Waals surface area contributed by atoms with E-state index in [4.69, 9.17) is 0 Å². The zero-order chi connectivity index (χ0) is 12.6. The van der Waals surface area contributed by atoms with Gasteiger partial charge in [0.1, 0.15) is 0 Å². The van der Waals surface area contributed by atoms with Gasteiger partial charge >= 0.3 is 0 Å². The molecular formula is C16H24N2. The van der Waals surface area contributed by atoms with E-state index in [2.05, 4.69) is 42.3 Å². The van der Waals surface area contributed by atoms with Gasteiger partial charge in [-0.3, -0.25) is 4.90 Å². The Hall–Kier alpha value is -0.860. The molecule has 3 rings (SSSR count). The van der Waals surface area contributed by atoms with Crippen LogP contribution in [0.25, 0.3) is 0 Å². The molecule has 1 aromatic carbocycles. The van der Waals surface area contributed by atoms with Gasteiger partial charge in [0.05, 0.1) is 0 Å². The predicted molar refractivity (Wildman–Crippen MR) is 75.6 cm³/mol. The van der Waals surface area contributed by atoms with Gasteiger partial charge in [0.25, 0.3) is 0 Å². The first-order chi connectivity index (χ1) is 8.65. The Labute approximate surface area is 110 Å². The highest BCUT2D eigenvalue weighted by atomic mass is 15.2. The summed E-state index contributed by atoms with van der Waals surface area (Å²) in [7, 11) is 0. The Kier molecular flexibility index (Phi) is 3.16. The van der Waals surface area contributed by atoms with E-state index in [9.17, 15) is 0 Å². The van der Waals surface area contributed by atoms with Crippen molar-refractivity contribution in [3.8, 4) is 0 Å². The summed E-state index contributed by atoms with van der Waals surface area (Å²) < 4.78 is 0. The maximum Gasteiger partial charge on any atom is 0.0239 e. The molecule has 0 atom stereocenters. The maximum absolute atomic E-state index is 3.46. The minimum Gasteiger partial charge on any atom is -0.312 e. The van der Waals surface area contributed by atoms with Crippen LogP contribution in [-0.4, -0.2) is 23.5 Å². The largest absolute Gasteiger partial charge is 0.312 e. The quantitative estimate of drug-likeness (QED) is 0.860. The average molecular weight is 244 g/mol. The predicted octanol–water partition coefficient (Wildman–Crippen LogP) is 2.71. The van der Waals surface area contributed by atoms with Crippen LogP contribution in [0.4, 0.5) is 0 Å². The number of likely N-dealkylation sites (tertiary alicyclic amines) is 1. The lowest BCUT2D eigenvalue weighted by atomic mass is 9.97. The summed E-state index contributed by atoms with van der Waals surface area (Å²) in [5.41, 5.74) is 4.91. The monoisotopic (exact) mass is 244 g/mol. The summed E-state index contributed by atoms with van der Waals surface area (Å²) >= 11 is 0. The number of nitrogens with zero attached hydrogens (tertiary/aromatic N) is 1. The van der Waals surface area contributed by atoms with Crippen LogP contribution in [0.5, 0.6) is 0 Å². The van der Waals surface area contributed by atoms with Crippen molar-refractivity contribution in [2.45, 2.75) is 51.7 Å². The van der Waals surface area contributed by atoms with Gasteiger partial charge in [-0.05, 0) is 62.9 Å². The molecule has 0 radical (unpaired) electrons. The Balaban J connectivity index is 1.77. The van der Waals surface area contributed by atoms with Crippen LogP contribution in [0.3, 0.4) is 0 Å². The first-order valence-corrected chi connectivity index (χ1v) is 7.22. The molecule has 1 fully saturated rings. The van der Waals surface area contributed by atoms with Gasteiger partial charge in [-0.25, -0.2) is 0 Å². The second kappa shape index (κ2) is 4.67. The van der Waals surface area contributed by atoms with E-state index >= 15 is 0 Å². The SMILES string of the molecule is CC1(C)CCCN1Cc1ccc2c(c1)CNCC2. The van der Waals surface area contributed by atoms with E-state index in [-0.39, 0.29) is 0 Å². The summed E-state index contributed by atoms with van der Waals surface area (Å²) in [6.07, 6.45) is 3.86. The van der Waals surface area contributed by atoms with Crippen LogP contribution in [-0.2, 0) is 19.5 Å². The Morgan fingerprint density at radius 1 is 1.28 bits per heavy atom. The second-order valence-electron chi connectivity index (χ2n) is 6.37. The zero-order valence-corrected chi connectivity index (χ0v) is 11.6. The van der Waals surface area contributed by atoms with Crippen molar-refractivity contribution in [3.63, 3.8) is 0 Å². The van der Waals surface area contributed by atoms with Crippen LogP contribution in [0, 0.1) is 0 Å². The van der Waals surface area contributed by atoms with Crippen molar-refractivity contribution in [2.24, 2.45) is 0 Å². The lowest BCUT2D eigenvalue weighted by Crippen LogP contribution is -2.37. The van der Waals surface area contributed by atoms with Crippen molar-refractivity contribution in [1.29, 1.82) is 0 Å². The van der Waals surface area contributed by atoms with Gasteiger partial charge in [0.2, 0.25) is 0 Å². The number of hydrogen-bond donors (Lipinski definition) is 1. The molecule has 0 aliphatic carbocycles. The molecule has 2 heteroatoms. The number of benzene rings is 1. The summed E-state index contributed by atoms with van der Waals surface area (Å²) in [6, 6.07) is 7.09. The smallest absolute Gasteiger partial charge is 0.0239 e. The molecule has 98 valence electrons. The molecule has 2 aliphatic rings. The molecule has 0 aromatic heterocycles. The van der Waals surface area contributed by atoms with E-state index in [0.29, 0.717) is 5.54 Å². The number of nitrogens with one attached hydrogen (secondary N) is 1. The average Bonchev–Trinajstić information content (AvgIpc) is 2.69. The van der Waals surface area contributed by atoms with Crippen molar-refractivity contribution in [3.05, 3.63) is 34.9 Å². The Morgan fingerprint density at radius 3 is 2.94 bits per heavy atom. The number of hydrogen-bond acceptors (Lipinski definition) is 2. The number of fused-ring (bicyclic) bond motifs is 1. The fourth-order valence-electron chi connectivity index (χ4n) is 3.31. The molecule has 0 amide bonds. The number of rotatable bonds is 2. The molecule has 0 bridgehead atoms. The minimum absolute atomic E-state index is 0.383. The van der Waals surface area contributed by atoms with E-state index in [1.807, 2.05) is 0 Å². The fourth-order valence-corrected chi connectivity index (χ4v) is 3.31. The van der Waals surface area contributed by atoms with Gasteiger partial charge in [-0.15, -0.1) is 0 Å². The highest BCUT2D eigenvalue weighted by Crippen LogP contribution is 2.30. The highest BCUT2D eigenvalue weighted by Gasteiger charge is 2.31. The molecular weight excluding hydrogens is 220 g/mol. The van der Waals surface area contributed by atoms with Crippen LogP contribution >= 0.6 is 0 Å². The molecule has 0 unspecified atom stereocenters. The maximum atomic E-state index is 3.46. The van der Waals surface area contributed by atoms with Crippen LogP contribution in [0.1, 0.15) is 43.4 Å². The second-order valence-corrected chi connectivity index (χ2v) is 6.37. The molecule has 2 nitrogen and oxygen atoms in total. The van der Waals surface area contributed by atoms with E-state index in [0.717, 1.165) is 19.6 Å². The third-order valence-electron chi connectivity index (χ3n) is 4.60. The highest BCUT2D eigenvalue weighted by molar-refractivity contribution is 5.33. The lowest BCUT2D eigenvalue weighted by molar-refractivity contribution is 0.166. The van der Waals surface area contributed by atoms with Gasteiger partial charge < -0.3 is 5.32 Å². The first kappa shape index (κ1) is 12.2. The third-order valence-corrected chi connectivity index (χ3v) is 4.60. The minimum atomic E-state index is 0.383. The Morgan fingerprint density at radius 2 is 2.17 bits per heavy atom. The van der Waals surface area contributed by atoms with E-state index < -0.39 is 0 Å². The van der Waals surface area contributed by atoms with Crippen molar-refractivity contribution in [1.82, 2.24) is 10.2 Å². The van der Waals surface area contributed by atoms with Crippen molar-refractivity contribution in [2.75, 3.05) is 13.1 Å². The molecule has 1 N–H and O–H groups in total. The molecule has 2 aliphatic heterocycles. The van der Waals surface area contributed by atoms with Crippen LogP contribution < -0.4 is 5.32 Å². The summed E-state index contributed by atoms with van der Waals surface area (Å²) in [4.78, 5) is 2.63. The van der Waals surface area contributed by atoms with E-state index in [1.165, 1.54) is 42.5 Å². The third kappa shape index (κ3) is 2.32. The Bertz CT molecular complexity index is 437. The molecule has 18 heavy (non-hydrogen) atoms. The molecule has 2 heterocycles. The van der Waals surface area contributed by atoms with Gasteiger partial charge in [0, 0.05) is 18.6 Å².